The minimum absolute atomic E-state index is 0.108. The van der Waals surface area contributed by atoms with Crippen LogP contribution >= 0.6 is 15.9 Å². The standard InChI is InChI=1S/C13H18BrN3O2/c1-16-6-4-10(5-7-16)9-15-13-3-2-11(17(18)19)8-12(13)14/h2-3,8,10,15H,4-7,9H2,1H3. The number of halogens is 1. The second kappa shape index (κ2) is 6.34. The molecule has 1 aliphatic rings. The molecule has 1 aliphatic heterocycles. The Kier molecular flexibility index (Phi) is 4.76. The summed E-state index contributed by atoms with van der Waals surface area (Å²) in [6.45, 7) is 3.21. The Labute approximate surface area is 121 Å². The largest absolute Gasteiger partial charge is 0.384 e. The monoisotopic (exact) mass is 327 g/mol. The van der Waals surface area contributed by atoms with E-state index < -0.39 is 0 Å². The maximum Gasteiger partial charge on any atom is 0.270 e. The summed E-state index contributed by atoms with van der Waals surface area (Å²) in [7, 11) is 2.15. The van der Waals surface area contributed by atoms with Crippen molar-refractivity contribution in [3.8, 4) is 0 Å². The van der Waals surface area contributed by atoms with Gasteiger partial charge in [-0.3, -0.25) is 10.1 Å². The van der Waals surface area contributed by atoms with Crippen LogP contribution in [-0.4, -0.2) is 36.5 Å². The Hall–Kier alpha value is -1.14. The van der Waals surface area contributed by atoms with E-state index in [0.717, 1.165) is 29.8 Å². The molecule has 0 aromatic heterocycles. The highest BCUT2D eigenvalue weighted by Crippen LogP contribution is 2.28. The van der Waals surface area contributed by atoms with Gasteiger partial charge in [0.1, 0.15) is 0 Å². The van der Waals surface area contributed by atoms with Gasteiger partial charge in [0.2, 0.25) is 0 Å². The molecule has 1 N–H and O–H groups in total. The third-order valence-corrected chi connectivity index (χ3v) is 4.24. The summed E-state index contributed by atoms with van der Waals surface area (Å²) < 4.78 is 0.745. The van der Waals surface area contributed by atoms with Gasteiger partial charge >= 0.3 is 0 Å². The fourth-order valence-corrected chi connectivity index (χ4v) is 2.79. The Bertz CT molecular complexity index is 459. The number of nitro benzene ring substituents is 1. The second-order valence-corrected chi connectivity index (χ2v) is 5.90. The van der Waals surface area contributed by atoms with E-state index >= 15 is 0 Å². The van der Waals surface area contributed by atoms with Crippen LogP contribution < -0.4 is 5.32 Å². The first-order valence-electron chi connectivity index (χ1n) is 6.42. The molecular formula is C13H18BrN3O2. The molecule has 104 valence electrons. The molecule has 0 unspecified atom stereocenters. The number of piperidine rings is 1. The molecule has 19 heavy (non-hydrogen) atoms. The summed E-state index contributed by atoms with van der Waals surface area (Å²) in [5, 5.41) is 14.0. The smallest absolute Gasteiger partial charge is 0.270 e. The zero-order valence-electron chi connectivity index (χ0n) is 10.9. The predicted octanol–water partition coefficient (Wildman–Crippen LogP) is 3.11. The molecule has 1 fully saturated rings. The van der Waals surface area contributed by atoms with Crippen molar-refractivity contribution in [3.05, 3.63) is 32.8 Å². The van der Waals surface area contributed by atoms with Crippen LogP contribution in [0.15, 0.2) is 22.7 Å². The fraction of sp³-hybridized carbons (Fsp3) is 0.538. The first-order chi connectivity index (χ1) is 9.06. The van der Waals surface area contributed by atoms with Crippen LogP contribution in [0.4, 0.5) is 11.4 Å². The van der Waals surface area contributed by atoms with Crippen molar-refractivity contribution in [1.82, 2.24) is 4.90 Å². The molecule has 1 aromatic carbocycles. The number of hydrogen-bond acceptors (Lipinski definition) is 4. The van der Waals surface area contributed by atoms with Gasteiger partial charge in [-0.1, -0.05) is 0 Å². The summed E-state index contributed by atoms with van der Waals surface area (Å²) in [5.74, 6) is 0.679. The number of non-ortho nitro benzene ring substituents is 1. The topological polar surface area (TPSA) is 58.4 Å². The van der Waals surface area contributed by atoms with Crippen molar-refractivity contribution in [2.24, 2.45) is 5.92 Å². The molecule has 0 amide bonds. The highest BCUT2D eigenvalue weighted by molar-refractivity contribution is 9.10. The van der Waals surface area contributed by atoms with Gasteiger partial charge in [-0.2, -0.15) is 0 Å². The Morgan fingerprint density at radius 3 is 2.74 bits per heavy atom. The van der Waals surface area contributed by atoms with Gasteiger partial charge < -0.3 is 10.2 Å². The van der Waals surface area contributed by atoms with Gasteiger partial charge in [-0.05, 0) is 60.9 Å². The lowest BCUT2D eigenvalue weighted by Crippen LogP contribution is -2.32. The summed E-state index contributed by atoms with van der Waals surface area (Å²) in [6.07, 6.45) is 2.40. The van der Waals surface area contributed by atoms with Crippen molar-refractivity contribution in [2.75, 3.05) is 32.0 Å². The number of nitrogens with zero attached hydrogens (tertiary/aromatic N) is 2. The molecule has 0 bridgehead atoms. The maximum atomic E-state index is 10.7. The van der Waals surface area contributed by atoms with E-state index in [1.54, 1.807) is 6.07 Å². The van der Waals surface area contributed by atoms with Crippen molar-refractivity contribution < 1.29 is 4.92 Å². The highest BCUT2D eigenvalue weighted by Gasteiger charge is 2.17. The molecule has 5 nitrogen and oxygen atoms in total. The molecule has 2 rings (SSSR count). The zero-order chi connectivity index (χ0) is 13.8. The lowest BCUT2D eigenvalue weighted by Gasteiger charge is -2.29. The van der Waals surface area contributed by atoms with E-state index in [-0.39, 0.29) is 10.6 Å². The van der Waals surface area contributed by atoms with Gasteiger partial charge in [0.25, 0.3) is 5.69 Å². The summed E-state index contributed by atoms with van der Waals surface area (Å²) in [5.41, 5.74) is 1.03. The van der Waals surface area contributed by atoms with Crippen molar-refractivity contribution in [3.63, 3.8) is 0 Å². The quantitative estimate of drug-likeness (QED) is 0.681. The minimum Gasteiger partial charge on any atom is -0.384 e. The van der Waals surface area contributed by atoms with E-state index in [9.17, 15) is 10.1 Å². The molecule has 6 heteroatoms. The molecule has 1 aromatic rings. The number of nitrogens with one attached hydrogen (secondary N) is 1. The number of hydrogen-bond donors (Lipinski definition) is 1. The third kappa shape index (κ3) is 3.91. The molecule has 0 atom stereocenters. The predicted molar refractivity (Wildman–Crippen MR) is 79.5 cm³/mol. The Balaban J connectivity index is 1.91. The molecule has 0 radical (unpaired) electrons. The van der Waals surface area contributed by atoms with Gasteiger partial charge in [-0.15, -0.1) is 0 Å². The van der Waals surface area contributed by atoms with Gasteiger partial charge in [-0.25, -0.2) is 0 Å². The van der Waals surface area contributed by atoms with Crippen LogP contribution in [0.5, 0.6) is 0 Å². The number of nitro groups is 1. The van der Waals surface area contributed by atoms with Crippen LogP contribution in [-0.2, 0) is 0 Å². The molecular weight excluding hydrogens is 310 g/mol. The van der Waals surface area contributed by atoms with Gasteiger partial charge in [0.05, 0.1) is 4.92 Å². The summed E-state index contributed by atoms with van der Waals surface area (Å²) in [6, 6.07) is 4.83. The van der Waals surface area contributed by atoms with Crippen molar-refractivity contribution >= 4 is 27.3 Å². The first kappa shape index (κ1) is 14.3. The molecule has 1 saturated heterocycles. The van der Waals surface area contributed by atoms with Gasteiger partial charge in [0, 0.05) is 28.8 Å². The minimum atomic E-state index is -0.383. The maximum absolute atomic E-state index is 10.7. The summed E-state index contributed by atoms with van der Waals surface area (Å²) >= 11 is 3.37. The summed E-state index contributed by atoms with van der Waals surface area (Å²) in [4.78, 5) is 12.6. The van der Waals surface area contributed by atoms with Gasteiger partial charge in [0.15, 0.2) is 0 Å². The van der Waals surface area contributed by atoms with Crippen LogP contribution in [0.2, 0.25) is 0 Å². The fourth-order valence-electron chi connectivity index (χ4n) is 2.28. The zero-order valence-corrected chi connectivity index (χ0v) is 12.5. The molecule has 0 saturated carbocycles. The highest BCUT2D eigenvalue weighted by atomic mass is 79.9. The number of anilines is 1. The Morgan fingerprint density at radius 2 is 2.16 bits per heavy atom. The number of benzene rings is 1. The van der Waals surface area contributed by atoms with E-state index in [1.807, 2.05) is 0 Å². The van der Waals surface area contributed by atoms with Crippen molar-refractivity contribution in [2.45, 2.75) is 12.8 Å². The first-order valence-corrected chi connectivity index (χ1v) is 7.22. The normalized spacial score (nSPS) is 17.4. The van der Waals surface area contributed by atoms with Crippen molar-refractivity contribution in [1.29, 1.82) is 0 Å². The molecule has 0 aliphatic carbocycles. The number of rotatable bonds is 4. The van der Waals surface area contributed by atoms with Crippen LogP contribution in [0.3, 0.4) is 0 Å². The molecule has 1 heterocycles. The van der Waals surface area contributed by atoms with E-state index in [4.69, 9.17) is 0 Å². The van der Waals surface area contributed by atoms with E-state index in [0.29, 0.717) is 5.92 Å². The lowest BCUT2D eigenvalue weighted by molar-refractivity contribution is -0.384. The second-order valence-electron chi connectivity index (χ2n) is 5.05. The van der Waals surface area contributed by atoms with E-state index in [1.165, 1.54) is 25.0 Å². The SMILES string of the molecule is CN1CCC(CNc2ccc([N+](=O)[O-])cc2Br)CC1. The van der Waals surface area contributed by atoms with Crippen LogP contribution in [0.1, 0.15) is 12.8 Å². The van der Waals surface area contributed by atoms with E-state index in [2.05, 4.69) is 33.2 Å². The van der Waals surface area contributed by atoms with Crippen LogP contribution in [0.25, 0.3) is 0 Å². The third-order valence-electron chi connectivity index (χ3n) is 3.58. The average Bonchev–Trinajstić information content (AvgIpc) is 2.39. The number of likely N-dealkylation sites (tertiary alicyclic amines) is 1. The average molecular weight is 328 g/mol. The molecule has 0 spiro atoms. The lowest BCUT2D eigenvalue weighted by atomic mass is 9.97. The Morgan fingerprint density at radius 1 is 1.47 bits per heavy atom. The van der Waals surface area contributed by atoms with Crippen LogP contribution in [0, 0.1) is 16.0 Å².